The summed E-state index contributed by atoms with van der Waals surface area (Å²) in [6, 6.07) is 15.4. The summed E-state index contributed by atoms with van der Waals surface area (Å²) in [6.07, 6.45) is 7.03. The minimum absolute atomic E-state index is 0.162. The van der Waals surface area contributed by atoms with Crippen LogP contribution in [0, 0.1) is 5.82 Å². The van der Waals surface area contributed by atoms with Crippen molar-refractivity contribution in [3.63, 3.8) is 0 Å². The second kappa shape index (κ2) is 11.8. The van der Waals surface area contributed by atoms with Gasteiger partial charge in [-0.25, -0.2) is 9.37 Å². The van der Waals surface area contributed by atoms with Crippen LogP contribution in [-0.4, -0.2) is 23.0 Å². The topological polar surface area (TPSA) is 65.7 Å². The number of hydrogen-bond acceptors (Lipinski definition) is 5. The van der Waals surface area contributed by atoms with Crippen LogP contribution in [0.4, 0.5) is 4.39 Å². The Bertz CT molecular complexity index is 1570. The van der Waals surface area contributed by atoms with Crippen molar-refractivity contribution in [1.82, 2.24) is 9.66 Å². The number of fused-ring (bicyclic) bond motifs is 1. The zero-order chi connectivity index (χ0) is 26.6. The Morgan fingerprint density at radius 3 is 2.63 bits per heavy atom. The van der Waals surface area contributed by atoms with Crippen LogP contribution in [-0.2, 0) is 6.61 Å². The fraction of sp³-hybridized carbons (Fsp3) is 0.276. The van der Waals surface area contributed by atoms with Gasteiger partial charge in [0.25, 0.3) is 5.56 Å². The van der Waals surface area contributed by atoms with Crippen molar-refractivity contribution in [3.8, 4) is 11.5 Å². The number of rotatable bonds is 7. The van der Waals surface area contributed by atoms with Crippen molar-refractivity contribution >= 4 is 49.0 Å². The lowest BCUT2D eigenvalue weighted by molar-refractivity contribution is 0.282. The zero-order valence-corrected chi connectivity index (χ0v) is 24.0. The molecule has 9 heteroatoms. The lowest BCUT2D eigenvalue weighted by Gasteiger charge is -2.22. The summed E-state index contributed by atoms with van der Waals surface area (Å²) in [5.41, 5.74) is 1.88. The van der Waals surface area contributed by atoms with E-state index in [1.54, 1.807) is 37.6 Å². The summed E-state index contributed by atoms with van der Waals surface area (Å²) in [4.78, 5) is 18.4. The number of para-hydroxylation sites is 1. The number of ether oxygens (including phenoxy) is 2. The number of aromatic nitrogens is 2. The van der Waals surface area contributed by atoms with E-state index in [1.807, 2.05) is 18.2 Å². The highest BCUT2D eigenvalue weighted by Gasteiger charge is 2.23. The third kappa shape index (κ3) is 5.54. The molecule has 0 amide bonds. The number of benzene rings is 3. The zero-order valence-electron chi connectivity index (χ0n) is 20.8. The summed E-state index contributed by atoms with van der Waals surface area (Å²) >= 11 is 7.22. The molecule has 1 heterocycles. The maximum absolute atomic E-state index is 13.6. The van der Waals surface area contributed by atoms with E-state index in [1.165, 1.54) is 23.2 Å². The monoisotopic (exact) mass is 641 g/mol. The largest absolute Gasteiger partial charge is 0.493 e. The van der Waals surface area contributed by atoms with Gasteiger partial charge in [-0.1, -0.05) is 43.5 Å². The second-order valence-electron chi connectivity index (χ2n) is 9.23. The van der Waals surface area contributed by atoms with Gasteiger partial charge in [0.05, 0.1) is 28.7 Å². The molecule has 0 bridgehead atoms. The molecule has 0 saturated heterocycles. The predicted octanol–water partition coefficient (Wildman–Crippen LogP) is 7.58. The molecule has 4 aromatic rings. The van der Waals surface area contributed by atoms with E-state index in [-0.39, 0.29) is 23.9 Å². The molecule has 6 nitrogen and oxygen atoms in total. The van der Waals surface area contributed by atoms with Crippen molar-refractivity contribution in [3.05, 3.63) is 96.7 Å². The number of halogens is 3. The first-order valence-electron chi connectivity index (χ1n) is 12.5. The first-order chi connectivity index (χ1) is 18.5. The van der Waals surface area contributed by atoms with Gasteiger partial charge in [-0.15, -0.1) is 0 Å². The smallest absolute Gasteiger partial charge is 0.282 e. The number of hydrogen-bond donors (Lipinski definition) is 0. The Labute approximate surface area is 236 Å². The average molecular weight is 643 g/mol. The van der Waals surface area contributed by atoms with E-state index in [4.69, 9.17) is 14.5 Å². The van der Waals surface area contributed by atoms with E-state index in [0.717, 1.165) is 25.7 Å². The number of nitrogens with zero attached hydrogens (tertiary/aromatic N) is 3. The molecule has 1 aliphatic carbocycles. The van der Waals surface area contributed by atoms with Crippen LogP contribution >= 0.6 is 31.9 Å². The van der Waals surface area contributed by atoms with Gasteiger partial charge in [-0.2, -0.15) is 9.78 Å². The van der Waals surface area contributed by atoms with Crippen LogP contribution < -0.4 is 15.0 Å². The maximum atomic E-state index is 13.6. The quantitative estimate of drug-likeness (QED) is 0.195. The molecular weight excluding hydrogens is 617 g/mol. The van der Waals surface area contributed by atoms with E-state index < -0.39 is 0 Å². The molecular formula is C29H26Br2FN3O3. The Hall–Kier alpha value is -3.04. The maximum Gasteiger partial charge on any atom is 0.282 e. The Morgan fingerprint density at radius 1 is 1.08 bits per heavy atom. The molecule has 5 rings (SSSR count). The predicted molar refractivity (Wildman–Crippen MR) is 154 cm³/mol. The number of methoxy groups -OCH3 is 1. The third-order valence-corrected chi connectivity index (χ3v) is 8.85. The minimum atomic E-state index is -0.323. The van der Waals surface area contributed by atoms with Gasteiger partial charge >= 0.3 is 0 Å². The van der Waals surface area contributed by atoms with Crippen LogP contribution in [0.15, 0.2) is 73.4 Å². The molecule has 0 radical (unpaired) electrons. The molecule has 1 aliphatic rings. The first kappa shape index (κ1) is 26.6. The van der Waals surface area contributed by atoms with Crippen LogP contribution in [0.5, 0.6) is 11.5 Å². The van der Waals surface area contributed by atoms with Gasteiger partial charge in [-0.05, 0) is 80.6 Å². The molecule has 1 saturated carbocycles. The Balaban J connectivity index is 1.52. The van der Waals surface area contributed by atoms with Gasteiger partial charge < -0.3 is 9.47 Å². The molecule has 0 atom stereocenters. The van der Waals surface area contributed by atoms with E-state index in [0.29, 0.717) is 48.3 Å². The minimum Gasteiger partial charge on any atom is -0.493 e. The van der Waals surface area contributed by atoms with E-state index in [2.05, 4.69) is 37.0 Å². The molecule has 38 heavy (non-hydrogen) atoms. The van der Waals surface area contributed by atoms with Gasteiger partial charge in [0.15, 0.2) is 11.5 Å². The highest BCUT2D eigenvalue weighted by Crippen LogP contribution is 2.42. The summed E-state index contributed by atoms with van der Waals surface area (Å²) in [5, 5.41) is 5.17. The standard InChI is InChI=1S/C29H26Br2FN3O3/c1-37-24-15-20(25(30)26(31)27(24)38-17-18-8-7-11-21(32)14-18)16-33-35-28(19-9-3-2-4-10-19)34-23-13-6-5-12-22(23)29(35)36/h5-8,11-16,19H,2-4,9-10,17H2,1H3. The summed E-state index contributed by atoms with van der Waals surface area (Å²) < 4.78 is 27.9. The molecule has 0 unspecified atom stereocenters. The highest BCUT2D eigenvalue weighted by atomic mass is 79.9. The van der Waals surface area contributed by atoms with Crippen LogP contribution in [0.1, 0.15) is 55.0 Å². The normalized spacial score (nSPS) is 14.3. The van der Waals surface area contributed by atoms with E-state index >= 15 is 0 Å². The molecule has 1 aromatic heterocycles. The molecule has 196 valence electrons. The third-order valence-electron chi connectivity index (χ3n) is 6.71. The van der Waals surface area contributed by atoms with Crippen LogP contribution in [0.3, 0.4) is 0 Å². The van der Waals surface area contributed by atoms with Gasteiger partial charge in [0, 0.05) is 16.0 Å². The van der Waals surface area contributed by atoms with Gasteiger partial charge in [0.2, 0.25) is 0 Å². The van der Waals surface area contributed by atoms with Crippen molar-refractivity contribution in [2.75, 3.05) is 7.11 Å². The Morgan fingerprint density at radius 2 is 1.87 bits per heavy atom. The summed E-state index contributed by atoms with van der Waals surface area (Å²) in [5.74, 6) is 1.49. The van der Waals surface area contributed by atoms with Crippen LogP contribution in [0.2, 0.25) is 0 Å². The molecule has 0 spiro atoms. The lowest BCUT2D eigenvalue weighted by atomic mass is 9.88. The molecule has 1 fully saturated rings. The average Bonchev–Trinajstić information content (AvgIpc) is 2.94. The van der Waals surface area contributed by atoms with Gasteiger partial charge in [0.1, 0.15) is 18.2 Å². The van der Waals surface area contributed by atoms with Gasteiger partial charge in [-0.3, -0.25) is 4.79 Å². The SMILES string of the molecule is COc1cc(C=Nn2c(C3CCCCC3)nc3ccccc3c2=O)c(Br)c(Br)c1OCc1cccc(F)c1. The second-order valence-corrected chi connectivity index (χ2v) is 10.8. The molecule has 0 N–H and O–H groups in total. The van der Waals surface area contributed by atoms with Crippen molar-refractivity contribution in [2.45, 2.75) is 44.6 Å². The molecule has 3 aromatic carbocycles. The lowest BCUT2D eigenvalue weighted by Crippen LogP contribution is -2.25. The van der Waals surface area contributed by atoms with Crippen LogP contribution in [0.25, 0.3) is 10.9 Å². The van der Waals surface area contributed by atoms with Crippen molar-refractivity contribution in [2.24, 2.45) is 5.10 Å². The molecule has 0 aliphatic heterocycles. The highest BCUT2D eigenvalue weighted by molar-refractivity contribution is 9.13. The summed E-state index contributed by atoms with van der Waals surface area (Å²) in [7, 11) is 1.55. The van der Waals surface area contributed by atoms with E-state index in [9.17, 15) is 9.18 Å². The van der Waals surface area contributed by atoms with Crippen molar-refractivity contribution < 1.29 is 13.9 Å². The fourth-order valence-electron chi connectivity index (χ4n) is 4.76. The Kier molecular flexibility index (Phi) is 8.24. The first-order valence-corrected chi connectivity index (χ1v) is 14.0. The van der Waals surface area contributed by atoms with Crippen molar-refractivity contribution in [1.29, 1.82) is 0 Å². The fourth-order valence-corrected chi connectivity index (χ4v) is 5.70. The summed E-state index contributed by atoms with van der Waals surface area (Å²) in [6.45, 7) is 0.162.